The van der Waals surface area contributed by atoms with Crippen molar-refractivity contribution in [3.8, 4) is 22.6 Å². The average Bonchev–Trinajstić information content (AvgIpc) is 2.46. The maximum absolute atomic E-state index is 11.8. The van der Waals surface area contributed by atoms with Crippen LogP contribution in [-0.4, -0.2) is 20.0 Å². The Balaban J connectivity index is 2.57. The summed E-state index contributed by atoms with van der Waals surface area (Å²) in [5.41, 5.74) is 2.44. The molecule has 0 amide bonds. The summed E-state index contributed by atoms with van der Waals surface area (Å²) in [6.07, 6.45) is 0. The van der Waals surface area contributed by atoms with Gasteiger partial charge in [0.15, 0.2) is 5.78 Å². The van der Waals surface area contributed by atoms with Crippen molar-refractivity contribution in [3.63, 3.8) is 0 Å². The van der Waals surface area contributed by atoms with E-state index in [0.717, 1.165) is 16.9 Å². The third-order valence-electron chi connectivity index (χ3n) is 3.00. The lowest BCUT2D eigenvalue weighted by atomic mass is 9.96. The summed E-state index contributed by atoms with van der Waals surface area (Å²) in [6, 6.07) is 13.2. The minimum atomic E-state index is -0.0109. The third-order valence-corrected chi connectivity index (χ3v) is 3.00. The van der Waals surface area contributed by atoms with E-state index in [4.69, 9.17) is 9.47 Å². The molecular formula is C16H16O3. The molecule has 0 bridgehead atoms. The van der Waals surface area contributed by atoms with Crippen LogP contribution in [0, 0.1) is 0 Å². The molecule has 0 heterocycles. The Morgan fingerprint density at radius 1 is 0.947 bits per heavy atom. The predicted molar refractivity (Wildman–Crippen MR) is 75.0 cm³/mol. The van der Waals surface area contributed by atoms with Gasteiger partial charge in [-0.2, -0.15) is 0 Å². The molecule has 0 aromatic heterocycles. The first-order chi connectivity index (χ1) is 9.17. The molecule has 2 rings (SSSR count). The van der Waals surface area contributed by atoms with Gasteiger partial charge < -0.3 is 9.47 Å². The number of methoxy groups -OCH3 is 2. The molecule has 3 nitrogen and oxygen atoms in total. The van der Waals surface area contributed by atoms with Crippen molar-refractivity contribution in [2.75, 3.05) is 14.2 Å². The van der Waals surface area contributed by atoms with Crippen LogP contribution in [0.3, 0.4) is 0 Å². The maximum Gasteiger partial charge on any atom is 0.164 e. The zero-order chi connectivity index (χ0) is 13.8. The first-order valence-electron chi connectivity index (χ1n) is 5.99. The molecular weight excluding hydrogens is 240 g/mol. The molecule has 98 valence electrons. The van der Waals surface area contributed by atoms with E-state index < -0.39 is 0 Å². The largest absolute Gasteiger partial charge is 0.497 e. The van der Waals surface area contributed by atoms with Gasteiger partial charge in [-0.1, -0.05) is 24.3 Å². The Morgan fingerprint density at radius 3 is 2.16 bits per heavy atom. The summed E-state index contributed by atoms with van der Waals surface area (Å²) in [4.78, 5) is 11.8. The molecule has 0 spiro atoms. The molecule has 2 aromatic carbocycles. The van der Waals surface area contributed by atoms with Gasteiger partial charge in [-0.15, -0.1) is 0 Å². The summed E-state index contributed by atoms with van der Waals surface area (Å²) < 4.78 is 10.4. The van der Waals surface area contributed by atoms with Crippen LogP contribution in [0.1, 0.15) is 17.3 Å². The van der Waals surface area contributed by atoms with Crippen LogP contribution in [0.2, 0.25) is 0 Å². The number of hydrogen-bond acceptors (Lipinski definition) is 3. The van der Waals surface area contributed by atoms with Gasteiger partial charge in [0.25, 0.3) is 0 Å². The van der Waals surface area contributed by atoms with E-state index >= 15 is 0 Å². The summed E-state index contributed by atoms with van der Waals surface area (Å²) in [6.45, 7) is 1.55. The summed E-state index contributed by atoms with van der Waals surface area (Å²) in [5, 5.41) is 0. The van der Waals surface area contributed by atoms with Crippen LogP contribution < -0.4 is 9.47 Å². The molecule has 0 radical (unpaired) electrons. The molecule has 3 heteroatoms. The lowest BCUT2D eigenvalue weighted by molar-refractivity contribution is 0.101. The van der Waals surface area contributed by atoms with Crippen molar-refractivity contribution in [1.82, 2.24) is 0 Å². The molecule has 19 heavy (non-hydrogen) atoms. The number of rotatable bonds is 4. The van der Waals surface area contributed by atoms with E-state index in [1.807, 2.05) is 36.4 Å². The van der Waals surface area contributed by atoms with Gasteiger partial charge in [-0.3, -0.25) is 4.79 Å². The van der Waals surface area contributed by atoms with Gasteiger partial charge in [0.2, 0.25) is 0 Å². The topological polar surface area (TPSA) is 35.5 Å². The molecule has 0 saturated heterocycles. The highest BCUT2D eigenvalue weighted by molar-refractivity contribution is 6.03. The second-order valence-electron chi connectivity index (χ2n) is 4.17. The fourth-order valence-electron chi connectivity index (χ4n) is 2.08. The van der Waals surface area contributed by atoms with Gasteiger partial charge in [-0.05, 0) is 36.2 Å². The highest BCUT2D eigenvalue weighted by Crippen LogP contribution is 2.31. The molecule has 0 saturated carbocycles. The Morgan fingerprint density at radius 2 is 1.63 bits per heavy atom. The van der Waals surface area contributed by atoms with E-state index in [-0.39, 0.29) is 5.78 Å². The zero-order valence-electron chi connectivity index (χ0n) is 11.3. The Bertz CT molecular complexity index is 585. The van der Waals surface area contributed by atoms with Crippen LogP contribution in [-0.2, 0) is 0 Å². The third kappa shape index (κ3) is 2.60. The summed E-state index contributed by atoms with van der Waals surface area (Å²) in [7, 11) is 3.20. The predicted octanol–water partition coefficient (Wildman–Crippen LogP) is 3.57. The summed E-state index contributed by atoms with van der Waals surface area (Å²) >= 11 is 0. The monoisotopic (exact) mass is 256 g/mol. The Labute approximate surface area is 112 Å². The fraction of sp³-hybridized carbons (Fsp3) is 0.188. The number of hydrogen-bond donors (Lipinski definition) is 0. The van der Waals surface area contributed by atoms with Crippen molar-refractivity contribution < 1.29 is 14.3 Å². The lowest BCUT2D eigenvalue weighted by Gasteiger charge is -2.12. The van der Waals surface area contributed by atoms with Crippen LogP contribution in [0.15, 0.2) is 42.5 Å². The van der Waals surface area contributed by atoms with Crippen molar-refractivity contribution in [2.24, 2.45) is 0 Å². The molecule has 0 aliphatic rings. The SMILES string of the molecule is COc1ccc(-c2cccc(OC)c2C(C)=O)cc1. The van der Waals surface area contributed by atoms with E-state index in [2.05, 4.69) is 0 Å². The van der Waals surface area contributed by atoms with E-state index in [9.17, 15) is 4.79 Å². The van der Waals surface area contributed by atoms with Gasteiger partial charge in [0, 0.05) is 0 Å². The fourth-order valence-corrected chi connectivity index (χ4v) is 2.08. The highest BCUT2D eigenvalue weighted by atomic mass is 16.5. The molecule has 0 aliphatic carbocycles. The second kappa shape index (κ2) is 5.57. The molecule has 0 N–H and O–H groups in total. The van der Waals surface area contributed by atoms with Gasteiger partial charge >= 0.3 is 0 Å². The number of ketones is 1. The molecule has 0 atom stereocenters. The minimum Gasteiger partial charge on any atom is -0.497 e. The van der Waals surface area contributed by atoms with Gasteiger partial charge in [0.05, 0.1) is 19.8 Å². The van der Waals surface area contributed by atoms with Crippen molar-refractivity contribution >= 4 is 5.78 Å². The molecule has 2 aromatic rings. The Hall–Kier alpha value is -2.29. The molecule has 0 unspecified atom stereocenters. The highest BCUT2D eigenvalue weighted by Gasteiger charge is 2.14. The van der Waals surface area contributed by atoms with Gasteiger partial charge in [-0.25, -0.2) is 0 Å². The first kappa shape index (κ1) is 13.1. The standard InChI is InChI=1S/C16H16O3/c1-11(17)16-14(5-4-6-15(16)19-3)12-7-9-13(18-2)10-8-12/h4-10H,1-3H3. The maximum atomic E-state index is 11.8. The summed E-state index contributed by atoms with van der Waals surface area (Å²) in [5.74, 6) is 1.38. The number of ether oxygens (including phenoxy) is 2. The van der Waals surface area contributed by atoms with Gasteiger partial charge in [0.1, 0.15) is 11.5 Å². The van der Waals surface area contributed by atoms with Crippen molar-refractivity contribution in [2.45, 2.75) is 6.92 Å². The normalized spacial score (nSPS) is 10.1. The van der Waals surface area contributed by atoms with Crippen LogP contribution in [0.5, 0.6) is 11.5 Å². The second-order valence-corrected chi connectivity index (χ2v) is 4.17. The van der Waals surface area contributed by atoms with Crippen molar-refractivity contribution in [3.05, 3.63) is 48.0 Å². The number of Topliss-reactive ketones (excluding diaryl/α,β-unsaturated/α-hetero) is 1. The molecule has 0 aliphatic heterocycles. The quantitative estimate of drug-likeness (QED) is 0.784. The smallest absolute Gasteiger partial charge is 0.164 e. The van der Waals surface area contributed by atoms with Crippen LogP contribution in [0.25, 0.3) is 11.1 Å². The first-order valence-corrected chi connectivity index (χ1v) is 5.99. The van der Waals surface area contributed by atoms with Crippen LogP contribution in [0.4, 0.5) is 0 Å². The lowest BCUT2D eigenvalue weighted by Crippen LogP contribution is -2.00. The van der Waals surface area contributed by atoms with E-state index in [1.54, 1.807) is 27.2 Å². The van der Waals surface area contributed by atoms with E-state index in [1.165, 1.54) is 0 Å². The zero-order valence-corrected chi connectivity index (χ0v) is 11.3. The van der Waals surface area contributed by atoms with Crippen LogP contribution >= 0.6 is 0 Å². The Kier molecular flexibility index (Phi) is 3.85. The average molecular weight is 256 g/mol. The number of benzene rings is 2. The number of carbonyl (C=O) groups is 1. The molecule has 0 fully saturated rings. The van der Waals surface area contributed by atoms with Crippen molar-refractivity contribution in [1.29, 1.82) is 0 Å². The minimum absolute atomic E-state index is 0.0109. The van der Waals surface area contributed by atoms with E-state index in [0.29, 0.717) is 11.3 Å². The number of carbonyl (C=O) groups excluding carboxylic acids is 1.